The van der Waals surface area contributed by atoms with Crippen LogP contribution >= 0.6 is 11.3 Å². The number of ether oxygens (including phenoxy) is 1. The molecule has 1 saturated heterocycles. The number of carbonyl (C=O) groups is 2. The monoisotopic (exact) mass is 358 g/mol. The van der Waals surface area contributed by atoms with Crippen LogP contribution in [0.15, 0.2) is 41.8 Å². The van der Waals surface area contributed by atoms with Gasteiger partial charge in [0.15, 0.2) is 0 Å². The molecule has 2 heterocycles. The molecule has 2 amide bonds. The molecule has 0 unspecified atom stereocenters. The summed E-state index contributed by atoms with van der Waals surface area (Å²) in [6, 6.07) is 11.5. The van der Waals surface area contributed by atoms with E-state index in [4.69, 9.17) is 4.74 Å². The van der Waals surface area contributed by atoms with Gasteiger partial charge in [-0.1, -0.05) is 24.3 Å². The first-order chi connectivity index (χ1) is 12.1. The van der Waals surface area contributed by atoms with Crippen molar-refractivity contribution in [1.82, 2.24) is 10.2 Å². The van der Waals surface area contributed by atoms with Crippen LogP contribution in [-0.2, 0) is 10.3 Å². The number of piperidine rings is 1. The highest BCUT2D eigenvalue weighted by Crippen LogP contribution is 2.38. The van der Waals surface area contributed by atoms with Crippen molar-refractivity contribution in [3.63, 3.8) is 0 Å². The van der Waals surface area contributed by atoms with E-state index >= 15 is 0 Å². The van der Waals surface area contributed by atoms with E-state index in [2.05, 4.69) is 5.32 Å². The van der Waals surface area contributed by atoms with Crippen LogP contribution in [0.5, 0.6) is 5.75 Å². The minimum Gasteiger partial charge on any atom is -0.496 e. The first-order valence-electron chi connectivity index (χ1n) is 8.31. The lowest BCUT2D eigenvalue weighted by molar-refractivity contribution is -0.121. The van der Waals surface area contributed by atoms with Crippen molar-refractivity contribution in [2.24, 2.45) is 0 Å². The van der Waals surface area contributed by atoms with Gasteiger partial charge in [0.2, 0.25) is 5.91 Å². The molecule has 132 valence electrons. The molecule has 0 atom stereocenters. The number of nitrogens with zero attached hydrogens (tertiary/aromatic N) is 1. The number of thiophene rings is 1. The Hall–Kier alpha value is -2.34. The van der Waals surface area contributed by atoms with Crippen LogP contribution < -0.4 is 10.1 Å². The molecule has 1 aliphatic rings. The van der Waals surface area contributed by atoms with Gasteiger partial charge in [-0.15, -0.1) is 11.3 Å². The van der Waals surface area contributed by atoms with Crippen molar-refractivity contribution in [1.29, 1.82) is 0 Å². The van der Waals surface area contributed by atoms with Crippen molar-refractivity contribution in [3.8, 4) is 5.75 Å². The second-order valence-corrected chi connectivity index (χ2v) is 7.18. The fraction of sp³-hybridized carbons (Fsp3) is 0.368. The maximum atomic E-state index is 12.6. The molecule has 0 spiro atoms. The van der Waals surface area contributed by atoms with E-state index in [0.717, 1.165) is 16.2 Å². The Morgan fingerprint density at radius 1 is 1.16 bits per heavy atom. The van der Waals surface area contributed by atoms with E-state index in [1.54, 1.807) is 7.11 Å². The van der Waals surface area contributed by atoms with Gasteiger partial charge in [0, 0.05) is 25.6 Å². The molecule has 0 aliphatic carbocycles. The van der Waals surface area contributed by atoms with Crippen molar-refractivity contribution >= 4 is 23.2 Å². The van der Waals surface area contributed by atoms with Crippen LogP contribution in [0.1, 0.15) is 35.0 Å². The maximum absolute atomic E-state index is 12.6. The molecule has 1 fully saturated rings. The lowest BCUT2D eigenvalue weighted by Crippen LogP contribution is -2.53. The SMILES string of the molecule is COc1ccccc1C1(NC(C)=O)CCN(C(=O)c2cccs2)CC1. The Bertz CT molecular complexity index is 750. The van der Waals surface area contributed by atoms with Gasteiger partial charge in [0.05, 0.1) is 17.5 Å². The fourth-order valence-electron chi connectivity index (χ4n) is 3.49. The molecule has 1 aromatic carbocycles. The van der Waals surface area contributed by atoms with E-state index in [1.165, 1.54) is 18.3 Å². The zero-order chi connectivity index (χ0) is 17.9. The molecule has 6 heteroatoms. The predicted octanol–water partition coefficient (Wildman–Crippen LogP) is 3.02. The molecular weight excluding hydrogens is 336 g/mol. The second-order valence-electron chi connectivity index (χ2n) is 6.23. The number of carbonyl (C=O) groups excluding carboxylic acids is 2. The number of nitrogens with one attached hydrogen (secondary N) is 1. The fourth-order valence-corrected chi connectivity index (χ4v) is 4.18. The Kier molecular flexibility index (Phi) is 5.08. The molecule has 1 aromatic heterocycles. The van der Waals surface area contributed by atoms with Gasteiger partial charge in [0.1, 0.15) is 5.75 Å². The topological polar surface area (TPSA) is 58.6 Å². The number of rotatable bonds is 4. The molecule has 0 saturated carbocycles. The van der Waals surface area contributed by atoms with E-state index in [1.807, 2.05) is 46.7 Å². The predicted molar refractivity (Wildman–Crippen MR) is 97.9 cm³/mol. The summed E-state index contributed by atoms with van der Waals surface area (Å²) in [7, 11) is 1.63. The summed E-state index contributed by atoms with van der Waals surface area (Å²) < 4.78 is 5.51. The minimum atomic E-state index is -0.509. The first kappa shape index (κ1) is 17.5. The van der Waals surface area contributed by atoms with Gasteiger partial charge >= 0.3 is 0 Å². The number of methoxy groups -OCH3 is 1. The molecule has 0 radical (unpaired) electrons. The summed E-state index contributed by atoms with van der Waals surface area (Å²) in [5.74, 6) is 0.740. The lowest BCUT2D eigenvalue weighted by atomic mass is 9.80. The number of benzene rings is 1. The number of amides is 2. The first-order valence-corrected chi connectivity index (χ1v) is 9.19. The largest absolute Gasteiger partial charge is 0.496 e. The number of likely N-dealkylation sites (tertiary alicyclic amines) is 1. The van der Waals surface area contributed by atoms with Crippen LogP contribution in [0.25, 0.3) is 0 Å². The summed E-state index contributed by atoms with van der Waals surface area (Å²) in [4.78, 5) is 27.1. The summed E-state index contributed by atoms with van der Waals surface area (Å²) >= 11 is 1.46. The van der Waals surface area contributed by atoms with Crippen LogP contribution in [0.2, 0.25) is 0 Å². The molecule has 1 N–H and O–H groups in total. The highest BCUT2D eigenvalue weighted by molar-refractivity contribution is 7.12. The third-order valence-corrected chi connectivity index (χ3v) is 5.53. The molecule has 25 heavy (non-hydrogen) atoms. The Balaban J connectivity index is 1.85. The van der Waals surface area contributed by atoms with Gasteiger partial charge < -0.3 is 15.0 Å². The van der Waals surface area contributed by atoms with Gasteiger partial charge in [0.25, 0.3) is 5.91 Å². The Labute approximate surface area is 151 Å². The van der Waals surface area contributed by atoms with E-state index in [9.17, 15) is 9.59 Å². The molecule has 5 nitrogen and oxygen atoms in total. The van der Waals surface area contributed by atoms with Crippen molar-refractivity contribution in [2.45, 2.75) is 25.3 Å². The molecule has 2 aromatic rings. The smallest absolute Gasteiger partial charge is 0.263 e. The van der Waals surface area contributed by atoms with Gasteiger partial charge in [-0.3, -0.25) is 9.59 Å². The standard InChI is InChI=1S/C19H22N2O3S/c1-14(22)20-19(15-6-3-4-7-16(15)24-2)9-11-21(12-10-19)18(23)17-8-5-13-25-17/h3-8,13H,9-12H2,1-2H3,(H,20,22). The van der Waals surface area contributed by atoms with Crippen molar-refractivity contribution in [2.75, 3.05) is 20.2 Å². The maximum Gasteiger partial charge on any atom is 0.263 e. The Morgan fingerprint density at radius 2 is 1.88 bits per heavy atom. The highest BCUT2D eigenvalue weighted by Gasteiger charge is 2.40. The van der Waals surface area contributed by atoms with Gasteiger partial charge in [-0.05, 0) is 30.4 Å². The van der Waals surface area contributed by atoms with Crippen LogP contribution in [-0.4, -0.2) is 36.9 Å². The lowest BCUT2D eigenvalue weighted by Gasteiger charge is -2.43. The quantitative estimate of drug-likeness (QED) is 0.914. The third-order valence-electron chi connectivity index (χ3n) is 4.67. The second kappa shape index (κ2) is 7.27. The zero-order valence-electron chi connectivity index (χ0n) is 14.5. The molecular formula is C19H22N2O3S. The van der Waals surface area contributed by atoms with Gasteiger partial charge in [-0.25, -0.2) is 0 Å². The summed E-state index contributed by atoms with van der Waals surface area (Å²) in [6.45, 7) is 2.71. The van der Waals surface area contributed by atoms with Crippen LogP contribution in [0.3, 0.4) is 0 Å². The van der Waals surface area contributed by atoms with Gasteiger partial charge in [-0.2, -0.15) is 0 Å². The normalized spacial score (nSPS) is 16.3. The average Bonchev–Trinajstić information content (AvgIpc) is 3.16. The summed E-state index contributed by atoms with van der Waals surface area (Å²) in [6.07, 6.45) is 1.31. The number of hydrogen-bond donors (Lipinski definition) is 1. The highest BCUT2D eigenvalue weighted by atomic mass is 32.1. The zero-order valence-corrected chi connectivity index (χ0v) is 15.3. The van der Waals surface area contributed by atoms with E-state index in [-0.39, 0.29) is 11.8 Å². The molecule has 0 bridgehead atoms. The molecule has 3 rings (SSSR count). The minimum absolute atomic E-state index is 0.0615. The number of para-hydroxylation sites is 1. The molecule has 1 aliphatic heterocycles. The van der Waals surface area contributed by atoms with Crippen LogP contribution in [0, 0.1) is 0 Å². The van der Waals surface area contributed by atoms with Crippen molar-refractivity contribution in [3.05, 3.63) is 52.2 Å². The third kappa shape index (κ3) is 3.54. The van der Waals surface area contributed by atoms with Crippen molar-refractivity contribution < 1.29 is 14.3 Å². The summed E-state index contributed by atoms with van der Waals surface area (Å²) in [5.41, 5.74) is 0.459. The Morgan fingerprint density at radius 3 is 2.48 bits per heavy atom. The summed E-state index contributed by atoms with van der Waals surface area (Å²) in [5, 5.41) is 5.04. The van der Waals surface area contributed by atoms with E-state index in [0.29, 0.717) is 25.9 Å². The van der Waals surface area contributed by atoms with E-state index < -0.39 is 5.54 Å². The van der Waals surface area contributed by atoms with Crippen LogP contribution in [0.4, 0.5) is 0 Å². The average molecular weight is 358 g/mol. The number of hydrogen-bond acceptors (Lipinski definition) is 4.